The number of nitriles is 1. The van der Waals surface area contributed by atoms with Gasteiger partial charge in [-0.3, -0.25) is 29.4 Å². The van der Waals surface area contributed by atoms with Crippen molar-refractivity contribution in [3.05, 3.63) is 158 Å². The van der Waals surface area contributed by atoms with Crippen LogP contribution in [0.2, 0.25) is 0 Å². The van der Waals surface area contributed by atoms with Gasteiger partial charge in [0.05, 0.1) is 21.3 Å². The fourth-order valence-corrected chi connectivity index (χ4v) is 8.00. The maximum absolute atomic E-state index is 13.6. The molecule has 0 radical (unpaired) electrons. The summed E-state index contributed by atoms with van der Waals surface area (Å²) < 4.78 is 0. The number of benzene rings is 4. The van der Waals surface area contributed by atoms with Crippen LogP contribution in [-0.4, -0.2) is 39.3 Å². The quantitative estimate of drug-likeness (QED) is 0.0510. The summed E-state index contributed by atoms with van der Waals surface area (Å²) >= 11 is 2.72. The molecule has 3 N–H and O–H groups in total. The molecule has 0 bridgehead atoms. The minimum absolute atomic E-state index is 0.135. The summed E-state index contributed by atoms with van der Waals surface area (Å²) in [6.45, 7) is 4.10. The molecule has 0 spiro atoms. The van der Waals surface area contributed by atoms with Gasteiger partial charge in [0.1, 0.15) is 16.8 Å². The number of nitrogens with zero attached hydrogens (tertiary/aromatic N) is 3. The van der Waals surface area contributed by atoms with E-state index < -0.39 is 22.0 Å². The first-order chi connectivity index (χ1) is 25.7. The highest BCUT2D eigenvalue weighted by Crippen LogP contribution is 2.38. The predicted molar refractivity (Wildman–Crippen MR) is 207 cm³/mol. The lowest BCUT2D eigenvalue weighted by Gasteiger charge is -2.26. The van der Waals surface area contributed by atoms with Crippen LogP contribution in [0.4, 0.5) is 16.4 Å². The van der Waals surface area contributed by atoms with Crippen molar-refractivity contribution in [1.82, 2.24) is 10.2 Å². The Morgan fingerprint density at radius 1 is 0.981 bits per heavy atom. The van der Waals surface area contributed by atoms with Gasteiger partial charge in [0.15, 0.2) is 0 Å². The molecule has 0 fully saturated rings. The average Bonchev–Trinajstić information content (AvgIpc) is 3.51. The van der Waals surface area contributed by atoms with E-state index in [0.717, 1.165) is 30.0 Å². The summed E-state index contributed by atoms with van der Waals surface area (Å²) in [6, 6.07) is 33.6. The Balaban J connectivity index is 1.13. The number of amides is 3. The monoisotopic (exact) mass is 742 g/mol. The summed E-state index contributed by atoms with van der Waals surface area (Å²) in [7, 11) is 0. The van der Waals surface area contributed by atoms with Gasteiger partial charge in [-0.2, -0.15) is 5.26 Å². The Morgan fingerprint density at radius 2 is 1.70 bits per heavy atom. The lowest BCUT2D eigenvalue weighted by molar-refractivity contribution is -0.385. The van der Waals surface area contributed by atoms with Gasteiger partial charge in [0.2, 0.25) is 5.91 Å². The van der Waals surface area contributed by atoms with Crippen molar-refractivity contribution in [2.45, 2.75) is 36.6 Å². The fourth-order valence-electron chi connectivity index (χ4n) is 5.83. The molecule has 0 saturated heterocycles. The summed E-state index contributed by atoms with van der Waals surface area (Å²) in [5, 5.41) is 30.0. The number of anilines is 2. The molecule has 266 valence electrons. The van der Waals surface area contributed by atoms with E-state index in [4.69, 9.17) is 0 Å². The number of rotatable bonds is 12. The first-order valence-electron chi connectivity index (χ1n) is 16.7. The number of nitro groups is 1. The topological polar surface area (TPSA) is 157 Å². The third-order valence-corrected chi connectivity index (χ3v) is 10.7. The SMILES string of the molecule is CC(Sc1cccc(NC(=O)/C(=C\c2ccccc2[N+](=O)[O-])NC(=O)c2ccccc2)c1)C(=O)Nc1sc2c(c1C#N)CCN(Cc1ccccc1)C2. The van der Waals surface area contributed by atoms with E-state index in [1.165, 1.54) is 52.9 Å². The van der Waals surface area contributed by atoms with E-state index in [2.05, 4.69) is 39.1 Å². The lowest BCUT2D eigenvalue weighted by Crippen LogP contribution is -2.30. The zero-order valence-electron chi connectivity index (χ0n) is 28.6. The van der Waals surface area contributed by atoms with Crippen molar-refractivity contribution in [2.24, 2.45) is 0 Å². The molecule has 0 saturated carbocycles. The second-order valence-corrected chi connectivity index (χ2v) is 14.7. The van der Waals surface area contributed by atoms with Gasteiger partial charge in [0.25, 0.3) is 17.5 Å². The molecule has 2 heterocycles. The molecule has 1 aliphatic heterocycles. The van der Waals surface area contributed by atoms with Crippen LogP contribution in [-0.2, 0) is 29.1 Å². The number of carbonyl (C=O) groups excluding carboxylic acids is 3. The van der Waals surface area contributed by atoms with E-state index >= 15 is 0 Å². The second-order valence-electron chi connectivity index (χ2n) is 12.2. The Bertz CT molecular complexity index is 2230. The number of carbonyl (C=O) groups is 3. The lowest BCUT2D eigenvalue weighted by atomic mass is 10.0. The molecule has 0 aliphatic carbocycles. The first-order valence-corrected chi connectivity index (χ1v) is 18.4. The van der Waals surface area contributed by atoms with Crippen molar-refractivity contribution in [3.63, 3.8) is 0 Å². The van der Waals surface area contributed by atoms with Gasteiger partial charge in [-0.15, -0.1) is 23.1 Å². The van der Waals surface area contributed by atoms with Crippen LogP contribution in [0.5, 0.6) is 0 Å². The normalized spacial score (nSPS) is 13.2. The minimum atomic E-state index is -0.701. The van der Waals surface area contributed by atoms with Crippen molar-refractivity contribution in [2.75, 3.05) is 17.2 Å². The smallest absolute Gasteiger partial charge is 0.276 e. The standard InChI is InChI=1S/C40H34N6O5S2/c1-26(37(47)44-40-33(23-41)32-19-20-45(25-36(32)53-40)24-27-11-4-2-5-12-27)52-31-17-10-16-30(22-31)42-39(49)34(43-38(48)28-13-6-3-7-14-28)21-29-15-8-9-18-35(29)46(50)51/h2-18,21-22,26H,19-20,24-25H2,1H3,(H,42,49)(H,43,48)(H,44,47)/b34-21+. The number of nitro benzene ring substituents is 1. The number of thioether (sulfide) groups is 1. The predicted octanol–water partition coefficient (Wildman–Crippen LogP) is 7.62. The molecular formula is C40H34N6O5S2. The highest BCUT2D eigenvalue weighted by molar-refractivity contribution is 8.00. The molecule has 1 unspecified atom stereocenters. The molecule has 13 heteroatoms. The molecule has 11 nitrogen and oxygen atoms in total. The molecule has 3 amide bonds. The zero-order valence-corrected chi connectivity index (χ0v) is 30.2. The number of fused-ring (bicyclic) bond motifs is 1. The number of thiophene rings is 1. The van der Waals surface area contributed by atoms with Crippen LogP contribution in [0.25, 0.3) is 6.08 Å². The number of hydrogen-bond acceptors (Lipinski definition) is 9. The molecular weight excluding hydrogens is 709 g/mol. The molecule has 6 rings (SSSR count). The summed E-state index contributed by atoms with van der Waals surface area (Å²) in [5.74, 6) is -1.53. The number of hydrogen-bond donors (Lipinski definition) is 3. The van der Waals surface area contributed by atoms with Gasteiger partial charge in [-0.25, -0.2) is 0 Å². The molecule has 1 atom stereocenters. The summed E-state index contributed by atoms with van der Waals surface area (Å²) in [6.07, 6.45) is 1.99. The molecule has 1 aromatic heterocycles. The van der Waals surface area contributed by atoms with Crippen LogP contribution in [0.3, 0.4) is 0 Å². The van der Waals surface area contributed by atoms with Gasteiger partial charge >= 0.3 is 0 Å². The summed E-state index contributed by atoms with van der Waals surface area (Å²) in [5.41, 5.74) is 3.12. The fraction of sp³-hybridized carbons (Fsp3) is 0.150. The zero-order chi connectivity index (χ0) is 37.3. The van der Waals surface area contributed by atoms with Crippen molar-refractivity contribution in [1.29, 1.82) is 5.26 Å². The third kappa shape index (κ3) is 9.24. The van der Waals surface area contributed by atoms with Gasteiger partial charge in [-0.1, -0.05) is 66.7 Å². The third-order valence-electron chi connectivity index (χ3n) is 8.47. The molecule has 5 aromatic rings. The molecule has 53 heavy (non-hydrogen) atoms. The highest BCUT2D eigenvalue weighted by Gasteiger charge is 2.27. The first kappa shape index (κ1) is 36.7. The van der Waals surface area contributed by atoms with Gasteiger partial charge < -0.3 is 16.0 Å². The van der Waals surface area contributed by atoms with Crippen molar-refractivity contribution in [3.8, 4) is 6.07 Å². The van der Waals surface area contributed by atoms with E-state index in [1.54, 1.807) is 67.6 Å². The second kappa shape index (κ2) is 17.0. The highest BCUT2D eigenvalue weighted by atomic mass is 32.2. The maximum atomic E-state index is 13.6. The van der Waals surface area contributed by atoms with E-state index in [0.29, 0.717) is 33.3 Å². The Kier molecular flexibility index (Phi) is 11.8. The van der Waals surface area contributed by atoms with Gasteiger partial charge in [0, 0.05) is 46.7 Å². The van der Waals surface area contributed by atoms with E-state index in [9.17, 15) is 29.8 Å². The number of para-hydroxylation sites is 1. The summed E-state index contributed by atoms with van der Waals surface area (Å²) in [4.78, 5) is 55.3. The van der Waals surface area contributed by atoms with Crippen LogP contribution >= 0.6 is 23.1 Å². The van der Waals surface area contributed by atoms with Crippen molar-refractivity contribution >= 4 is 63.3 Å². The van der Waals surface area contributed by atoms with Gasteiger partial charge in [-0.05, 0) is 66.9 Å². The Morgan fingerprint density at radius 3 is 2.43 bits per heavy atom. The van der Waals surface area contributed by atoms with Crippen LogP contribution < -0.4 is 16.0 Å². The molecule has 4 aromatic carbocycles. The minimum Gasteiger partial charge on any atom is -0.321 e. The average molecular weight is 743 g/mol. The Hall–Kier alpha value is -6.07. The Labute approximate surface area is 314 Å². The van der Waals surface area contributed by atoms with E-state index in [-0.39, 0.29) is 22.9 Å². The van der Waals surface area contributed by atoms with Crippen LogP contribution in [0.1, 0.15) is 44.4 Å². The maximum Gasteiger partial charge on any atom is 0.276 e. The van der Waals surface area contributed by atoms with E-state index in [1.807, 2.05) is 18.2 Å². The molecule has 1 aliphatic rings. The van der Waals surface area contributed by atoms with Crippen molar-refractivity contribution < 1.29 is 19.3 Å². The van der Waals surface area contributed by atoms with Crippen LogP contribution in [0.15, 0.2) is 120 Å². The number of nitrogens with one attached hydrogen (secondary N) is 3. The van der Waals surface area contributed by atoms with Crippen LogP contribution in [0, 0.1) is 21.4 Å². The largest absolute Gasteiger partial charge is 0.321 e.